The predicted octanol–water partition coefficient (Wildman–Crippen LogP) is 4.04. The van der Waals surface area contributed by atoms with E-state index >= 15 is 0 Å². The lowest BCUT2D eigenvalue weighted by Crippen LogP contribution is -2.08. The van der Waals surface area contributed by atoms with Gasteiger partial charge in [-0.25, -0.2) is 0 Å². The zero-order chi connectivity index (χ0) is 15.6. The molecule has 1 aromatic carbocycles. The van der Waals surface area contributed by atoms with E-state index in [9.17, 15) is 13.2 Å². The zero-order valence-electron chi connectivity index (χ0n) is 10.9. The van der Waals surface area contributed by atoms with Crippen LogP contribution in [0.3, 0.4) is 0 Å². The number of hydrogen-bond acceptors (Lipinski definition) is 3. The number of methoxy groups -OCH3 is 1. The van der Waals surface area contributed by atoms with E-state index in [1.807, 2.05) is 0 Å². The fraction of sp³-hybridized carbons (Fsp3) is 0.333. The van der Waals surface area contributed by atoms with Crippen molar-refractivity contribution in [2.24, 2.45) is 0 Å². The van der Waals surface area contributed by atoms with Crippen LogP contribution in [0.5, 0.6) is 0 Å². The highest BCUT2D eigenvalue weighted by atomic mass is 79.9. The van der Waals surface area contributed by atoms with E-state index in [-0.39, 0.29) is 4.47 Å². The van der Waals surface area contributed by atoms with Gasteiger partial charge in [0.1, 0.15) is 0 Å². The first-order valence-electron chi connectivity index (χ1n) is 5.86. The van der Waals surface area contributed by atoms with E-state index in [1.165, 1.54) is 13.2 Å². The highest BCUT2D eigenvalue weighted by Crippen LogP contribution is 2.37. The Kier molecular flexibility index (Phi) is 4.84. The van der Waals surface area contributed by atoms with Crippen LogP contribution < -0.4 is 0 Å². The first-order chi connectivity index (χ1) is 9.84. The van der Waals surface area contributed by atoms with Crippen LogP contribution in [-0.2, 0) is 17.5 Å². The molecule has 114 valence electrons. The molecule has 0 bridgehead atoms. The van der Waals surface area contributed by atoms with E-state index < -0.39 is 11.7 Å². The van der Waals surface area contributed by atoms with E-state index in [0.29, 0.717) is 29.3 Å². The summed E-state index contributed by atoms with van der Waals surface area (Å²) in [5, 5.41) is 6.58. The average molecular weight is 382 g/mol. The van der Waals surface area contributed by atoms with E-state index in [2.05, 4.69) is 26.1 Å². The van der Waals surface area contributed by atoms with Crippen molar-refractivity contribution in [3.8, 4) is 11.4 Å². The lowest BCUT2D eigenvalue weighted by Gasteiger charge is -2.11. The molecule has 9 heteroatoms. The maximum atomic E-state index is 12.9. The van der Waals surface area contributed by atoms with Crippen molar-refractivity contribution in [3.63, 3.8) is 0 Å². The quantitative estimate of drug-likeness (QED) is 0.812. The normalized spacial score (nSPS) is 11.9. The van der Waals surface area contributed by atoms with Crippen molar-refractivity contribution >= 4 is 28.1 Å². The Bertz CT molecular complexity index is 696. The molecular formula is C12H11BrF3N3OS. The summed E-state index contributed by atoms with van der Waals surface area (Å²) in [6.45, 7) is 0.780. The molecule has 0 aliphatic carbocycles. The topological polar surface area (TPSA) is 42.8 Å². The number of aromatic amines is 1. The number of H-pyrrole nitrogens is 1. The van der Waals surface area contributed by atoms with Gasteiger partial charge >= 0.3 is 6.18 Å². The van der Waals surface area contributed by atoms with Gasteiger partial charge in [-0.05, 0) is 24.4 Å². The van der Waals surface area contributed by atoms with Gasteiger partial charge in [0, 0.05) is 17.1 Å². The molecule has 4 nitrogen and oxygen atoms in total. The summed E-state index contributed by atoms with van der Waals surface area (Å²) in [5.74, 6) is 0.343. The molecule has 21 heavy (non-hydrogen) atoms. The maximum absolute atomic E-state index is 12.9. The monoisotopic (exact) mass is 381 g/mol. The molecule has 0 unspecified atom stereocenters. The summed E-state index contributed by atoms with van der Waals surface area (Å²) in [7, 11) is 1.53. The molecule has 0 aliphatic rings. The van der Waals surface area contributed by atoms with Gasteiger partial charge < -0.3 is 4.74 Å². The summed E-state index contributed by atoms with van der Waals surface area (Å²) >= 11 is 7.98. The van der Waals surface area contributed by atoms with Gasteiger partial charge in [0.05, 0.1) is 18.7 Å². The molecule has 0 saturated carbocycles. The first-order valence-corrected chi connectivity index (χ1v) is 7.06. The Balaban J connectivity index is 2.51. The number of nitrogens with zero attached hydrogens (tertiary/aromatic N) is 2. The maximum Gasteiger partial charge on any atom is 0.417 e. The molecule has 1 heterocycles. The highest BCUT2D eigenvalue weighted by Gasteiger charge is 2.33. The van der Waals surface area contributed by atoms with Crippen LogP contribution in [0.1, 0.15) is 5.56 Å². The molecule has 0 atom stereocenters. The molecule has 0 radical (unpaired) electrons. The average Bonchev–Trinajstić information content (AvgIpc) is 2.77. The molecule has 1 aromatic heterocycles. The SMILES string of the molecule is COCCn1c(-c2ccc(Br)c(C(F)(F)F)c2)n[nH]c1=S. The number of ether oxygens (including phenoxy) is 1. The van der Waals surface area contributed by atoms with Crippen LogP contribution in [-0.4, -0.2) is 28.5 Å². The van der Waals surface area contributed by atoms with Gasteiger partial charge in [-0.3, -0.25) is 9.67 Å². The zero-order valence-corrected chi connectivity index (χ0v) is 13.3. The number of nitrogens with one attached hydrogen (secondary N) is 1. The van der Waals surface area contributed by atoms with Crippen molar-refractivity contribution in [3.05, 3.63) is 33.0 Å². The van der Waals surface area contributed by atoms with Gasteiger partial charge in [0.15, 0.2) is 10.6 Å². The number of hydrogen-bond donors (Lipinski definition) is 1. The minimum absolute atomic E-state index is 0.0173. The van der Waals surface area contributed by atoms with Gasteiger partial charge in [0.25, 0.3) is 0 Å². The van der Waals surface area contributed by atoms with Crippen LogP contribution >= 0.6 is 28.1 Å². The number of benzene rings is 1. The molecule has 2 rings (SSSR count). The first kappa shape index (κ1) is 16.2. The van der Waals surface area contributed by atoms with Gasteiger partial charge in [-0.15, -0.1) is 0 Å². The van der Waals surface area contributed by atoms with Gasteiger partial charge in [0.2, 0.25) is 0 Å². The molecule has 1 N–H and O–H groups in total. The van der Waals surface area contributed by atoms with Crippen molar-refractivity contribution in [1.29, 1.82) is 0 Å². The van der Waals surface area contributed by atoms with Crippen LogP contribution in [0, 0.1) is 4.77 Å². The second kappa shape index (κ2) is 6.29. The summed E-state index contributed by atoms with van der Waals surface area (Å²) in [6, 6.07) is 3.93. The summed E-state index contributed by atoms with van der Waals surface area (Å²) in [6.07, 6.45) is -4.45. The highest BCUT2D eigenvalue weighted by molar-refractivity contribution is 9.10. The smallest absolute Gasteiger partial charge is 0.383 e. The minimum Gasteiger partial charge on any atom is -0.383 e. The third kappa shape index (κ3) is 3.53. The summed E-state index contributed by atoms with van der Waals surface area (Å²) < 4.78 is 45.7. The number of alkyl halides is 3. The van der Waals surface area contributed by atoms with Crippen molar-refractivity contribution < 1.29 is 17.9 Å². The Labute approximate surface area is 132 Å². The fourth-order valence-electron chi connectivity index (χ4n) is 1.81. The Morgan fingerprint density at radius 3 is 2.76 bits per heavy atom. The van der Waals surface area contributed by atoms with E-state index in [4.69, 9.17) is 17.0 Å². The number of rotatable bonds is 4. The molecular weight excluding hydrogens is 371 g/mol. The minimum atomic E-state index is -4.45. The van der Waals surface area contributed by atoms with Crippen molar-refractivity contribution in [2.45, 2.75) is 12.7 Å². The van der Waals surface area contributed by atoms with Gasteiger partial charge in [-0.2, -0.15) is 18.3 Å². The van der Waals surface area contributed by atoms with Crippen LogP contribution in [0.25, 0.3) is 11.4 Å². The third-order valence-electron chi connectivity index (χ3n) is 2.81. The van der Waals surface area contributed by atoms with Crippen LogP contribution in [0.4, 0.5) is 13.2 Å². The molecule has 0 saturated heterocycles. The third-order valence-corrected chi connectivity index (χ3v) is 3.81. The number of halogens is 4. The Morgan fingerprint density at radius 1 is 1.43 bits per heavy atom. The summed E-state index contributed by atoms with van der Waals surface area (Å²) in [5.41, 5.74) is -0.429. The van der Waals surface area contributed by atoms with E-state index in [1.54, 1.807) is 10.6 Å². The van der Waals surface area contributed by atoms with Crippen LogP contribution in [0.2, 0.25) is 0 Å². The second-order valence-electron chi connectivity index (χ2n) is 4.19. The van der Waals surface area contributed by atoms with Gasteiger partial charge in [-0.1, -0.05) is 22.0 Å². The van der Waals surface area contributed by atoms with Crippen LogP contribution in [0.15, 0.2) is 22.7 Å². The predicted molar refractivity (Wildman–Crippen MR) is 77.4 cm³/mol. The number of aromatic nitrogens is 3. The molecule has 2 aromatic rings. The fourth-order valence-corrected chi connectivity index (χ4v) is 2.50. The largest absolute Gasteiger partial charge is 0.417 e. The molecule has 0 spiro atoms. The van der Waals surface area contributed by atoms with Crippen molar-refractivity contribution in [1.82, 2.24) is 14.8 Å². The van der Waals surface area contributed by atoms with E-state index in [0.717, 1.165) is 6.07 Å². The second-order valence-corrected chi connectivity index (χ2v) is 5.43. The Morgan fingerprint density at radius 2 is 2.14 bits per heavy atom. The summed E-state index contributed by atoms with van der Waals surface area (Å²) in [4.78, 5) is 0. The lowest BCUT2D eigenvalue weighted by atomic mass is 10.1. The standard InChI is InChI=1S/C12H11BrF3N3OS/c1-20-5-4-19-10(17-18-11(19)21)7-2-3-9(13)8(6-7)12(14,15)16/h2-3,6H,4-5H2,1H3,(H,18,21). The Hall–Kier alpha value is -1.19. The molecule has 0 aliphatic heterocycles. The van der Waals surface area contributed by atoms with Crippen molar-refractivity contribution in [2.75, 3.05) is 13.7 Å². The molecule has 0 amide bonds. The lowest BCUT2D eigenvalue weighted by molar-refractivity contribution is -0.138. The molecule has 0 fully saturated rings.